The lowest BCUT2D eigenvalue weighted by molar-refractivity contribution is -0.123. The van der Waals surface area contributed by atoms with Crippen LogP contribution in [-0.2, 0) is 4.79 Å². The highest BCUT2D eigenvalue weighted by atomic mass is 16.3. The van der Waals surface area contributed by atoms with E-state index in [2.05, 4.69) is 19.2 Å². The van der Waals surface area contributed by atoms with Crippen LogP contribution in [0.1, 0.15) is 277 Å². The van der Waals surface area contributed by atoms with Crippen LogP contribution in [0.15, 0.2) is 12.2 Å². The number of unbranched alkanes of at least 4 members (excludes halogenated alkanes) is 38. The van der Waals surface area contributed by atoms with E-state index in [9.17, 15) is 15.0 Å². The molecule has 0 spiro atoms. The van der Waals surface area contributed by atoms with Gasteiger partial charge in [-0.2, -0.15) is 0 Å². The fraction of sp³-hybridized carbons (Fsp3) is 0.939. The Labute approximate surface area is 333 Å². The summed E-state index contributed by atoms with van der Waals surface area (Å²) in [6.07, 6.45) is 57.7. The fourth-order valence-corrected chi connectivity index (χ4v) is 7.77. The third-order valence-electron chi connectivity index (χ3n) is 11.5. The molecule has 0 aliphatic heterocycles. The van der Waals surface area contributed by atoms with Gasteiger partial charge in [-0.25, -0.2) is 0 Å². The molecule has 0 radical (unpaired) electrons. The highest BCUT2D eigenvalue weighted by Gasteiger charge is 2.18. The van der Waals surface area contributed by atoms with Gasteiger partial charge in [-0.3, -0.25) is 4.79 Å². The van der Waals surface area contributed by atoms with Gasteiger partial charge in [0.2, 0.25) is 5.91 Å². The molecule has 0 aliphatic rings. The van der Waals surface area contributed by atoms with Crippen LogP contribution in [0.3, 0.4) is 0 Å². The molecule has 0 aromatic carbocycles. The maximum atomic E-state index is 12.4. The molecule has 2 atom stereocenters. The average Bonchev–Trinajstić information content (AvgIpc) is 3.16. The molecule has 1 amide bonds. The predicted molar refractivity (Wildman–Crippen MR) is 235 cm³/mol. The SMILES string of the molecule is CCCCCCCCCCCCCCCCCC/C=C/C(O)C(CO)NC(=O)CCCCCCCCCCCCCCCCCCCCCCCCC. The van der Waals surface area contributed by atoms with Gasteiger partial charge in [0.15, 0.2) is 0 Å². The number of aliphatic hydroxyl groups is 2. The quantitative estimate of drug-likeness (QED) is 0.0429. The monoisotopic (exact) mass is 748 g/mol. The lowest BCUT2D eigenvalue weighted by atomic mass is 10.0. The van der Waals surface area contributed by atoms with Crippen molar-refractivity contribution in [3.05, 3.63) is 12.2 Å². The number of aliphatic hydroxyl groups excluding tert-OH is 2. The Morgan fingerprint density at radius 1 is 0.434 bits per heavy atom. The van der Waals surface area contributed by atoms with Crippen molar-refractivity contribution in [3.63, 3.8) is 0 Å². The number of carbonyl (C=O) groups is 1. The van der Waals surface area contributed by atoms with Crippen LogP contribution in [0.4, 0.5) is 0 Å². The van der Waals surface area contributed by atoms with Gasteiger partial charge in [-0.1, -0.05) is 264 Å². The molecule has 0 aromatic rings. The van der Waals surface area contributed by atoms with Crippen LogP contribution in [0.2, 0.25) is 0 Å². The van der Waals surface area contributed by atoms with Crippen molar-refractivity contribution in [1.82, 2.24) is 5.32 Å². The summed E-state index contributed by atoms with van der Waals surface area (Å²) >= 11 is 0. The summed E-state index contributed by atoms with van der Waals surface area (Å²) in [6, 6.07) is -0.617. The van der Waals surface area contributed by atoms with Gasteiger partial charge >= 0.3 is 0 Å². The summed E-state index contributed by atoms with van der Waals surface area (Å²) in [7, 11) is 0. The summed E-state index contributed by atoms with van der Waals surface area (Å²) in [5.41, 5.74) is 0. The zero-order valence-electron chi connectivity index (χ0n) is 36.3. The summed E-state index contributed by atoms with van der Waals surface area (Å²) < 4.78 is 0. The summed E-state index contributed by atoms with van der Waals surface area (Å²) in [5.74, 6) is -0.0576. The standard InChI is InChI=1S/C49H97NO3/c1-3-5-7-9-11-13-15-17-19-21-23-24-25-26-27-29-31-33-35-37-39-41-43-45-49(53)50-47(46-51)48(52)44-42-40-38-36-34-32-30-28-22-20-18-16-14-12-10-8-6-4-2/h42,44,47-48,51-52H,3-41,43,45-46H2,1-2H3,(H,50,53)/b44-42+. The van der Waals surface area contributed by atoms with Crippen molar-refractivity contribution >= 4 is 5.91 Å². The van der Waals surface area contributed by atoms with Crippen molar-refractivity contribution < 1.29 is 15.0 Å². The number of nitrogens with one attached hydrogen (secondary N) is 1. The molecule has 2 unspecified atom stereocenters. The van der Waals surface area contributed by atoms with Gasteiger partial charge in [0.05, 0.1) is 18.8 Å². The minimum Gasteiger partial charge on any atom is -0.394 e. The first-order chi connectivity index (χ1) is 26.2. The molecule has 0 saturated heterocycles. The Morgan fingerprint density at radius 3 is 0.981 bits per heavy atom. The molecule has 0 aromatic heterocycles. The van der Waals surface area contributed by atoms with Crippen LogP contribution >= 0.6 is 0 Å². The fourth-order valence-electron chi connectivity index (χ4n) is 7.77. The first kappa shape index (κ1) is 52.1. The molecule has 0 rings (SSSR count). The number of hydrogen-bond donors (Lipinski definition) is 3. The third kappa shape index (κ3) is 42.1. The first-order valence-corrected chi connectivity index (χ1v) is 24.4. The number of amides is 1. The Morgan fingerprint density at radius 2 is 0.698 bits per heavy atom. The van der Waals surface area contributed by atoms with Crippen LogP contribution < -0.4 is 5.32 Å². The number of rotatable bonds is 45. The second kappa shape index (κ2) is 45.5. The molecule has 0 bridgehead atoms. The zero-order valence-corrected chi connectivity index (χ0v) is 36.3. The van der Waals surface area contributed by atoms with Crippen LogP contribution in [0.25, 0.3) is 0 Å². The molecule has 4 nitrogen and oxygen atoms in total. The van der Waals surface area contributed by atoms with Crippen LogP contribution in [0.5, 0.6) is 0 Å². The van der Waals surface area contributed by atoms with Gasteiger partial charge in [-0.05, 0) is 19.3 Å². The molecule has 0 aliphatic carbocycles. The smallest absolute Gasteiger partial charge is 0.220 e. The molecule has 0 heterocycles. The Hall–Kier alpha value is -0.870. The second-order valence-electron chi connectivity index (χ2n) is 16.9. The highest BCUT2D eigenvalue weighted by molar-refractivity contribution is 5.76. The van der Waals surface area contributed by atoms with Gasteiger partial charge in [-0.15, -0.1) is 0 Å². The van der Waals surface area contributed by atoms with Crippen LogP contribution in [0, 0.1) is 0 Å². The van der Waals surface area contributed by atoms with E-state index in [1.54, 1.807) is 6.08 Å². The minimum absolute atomic E-state index is 0.0576. The molecule has 3 N–H and O–H groups in total. The van der Waals surface area contributed by atoms with Gasteiger partial charge in [0.25, 0.3) is 0 Å². The van der Waals surface area contributed by atoms with E-state index in [0.29, 0.717) is 6.42 Å². The van der Waals surface area contributed by atoms with E-state index in [4.69, 9.17) is 0 Å². The molecule has 0 fully saturated rings. The van der Waals surface area contributed by atoms with E-state index in [1.807, 2.05) is 6.08 Å². The Kier molecular flexibility index (Phi) is 44.8. The van der Waals surface area contributed by atoms with Crippen molar-refractivity contribution in [2.24, 2.45) is 0 Å². The second-order valence-corrected chi connectivity index (χ2v) is 16.9. The summed E-state index contributed by atoms with van der Waals surface area (Å²) in [6.45, 7) is 4.34. The molecule has 53 heavy (non-hydrogen) atoms. The summed E-state index contributed by atoms with van der Waals surface area (Å²) in [5, 5.41) is 23.1. The van der Waals surface area contributed by atoms with Crippen molar-refractivity contribution in [3.8, 4) is 0 Å². The lowest BCUT2D eigenvalue weighted by Gasteiger charge is -2.20. The number of carbonyl (C=O) groups excluding carboxylic acids is 1. The van der Waals surface area contributed by atoms with Gasteiger partial charge < -0.3 is 15.5 Å². The first-order valence-electron chi connectivity index (χ1n) is 24.4. The Bertz CT molecular complexity index is 725. The van der Waals surface area contributed by atoms with Crippen molar-refractivity contribution in [1.29, 1.82) is 0 Å². The largest absolute Gasteiger partial charge is 0.394 e. The average molecular weight is 748 g/mol. The topological polar surface area (TPSA) is 69.6 Å². The molecule has 0 saturated carbocycles. The number of allylic oxidation sites excluding steroid dienone is 1. The molecule has 316 valence electrons. The maximum absolute atomic E-state index is 12.4. The zero-order chi connectivity index (χ0) is 38.6. The molecular formula is C49H97NO3. The Balaban J connectivity index is 3.48. The van der Waals surface area contributed by atoms with E-state index in [0.717, 1.165) is 25.7 Å². The van der Waals surface area contributed by atoms with Gasteiger partial charge in [0, 0.05) is 6.42 Å². The van der Waals surface area contributed by atoms with E-state index >= 15 is 0 Å². The maximum Gasteiger partial charge on any atom is 0.220 e. The number of hydrogen-bond acceptors (Lipinski definition) is 3. The molecule has 4 heteroatoms. The van der Waals surface area contributed by atoms with E-state index in [-0.39, 0.29) is 12.5 Å². The van der Waals surface area contributed by atoms with Crippen LogP contribution in [-0.4, -0.2) is 34.9 Å². The van der Waals surface area contributed by atoms with Gasteiger partial charge in [0.1, 0.15) is 0 Å². The van der Waals surface area contributed by atoms with E-state index in [1.165, 1.54) is 231 Å². The lowest BCUT2D eigenvalue weighted by Crippen LogP contribution is -2.45. The summed E-state index contributed by atoms with van der Waals surface area (Å²) in [4.78, 5) is 12.4. The minimum atomic E-state index is -0.834. The van der Waals surface area contributed by atoms with E-state index < -0.39 is 12.1 Å². The third-order valence-corrected chi connectivity index (χ3v) is 11.5. The van der Waals surface area contributed by atoms with Crippen molar-refractivity contribution in [2.75, 3.05) is 6.61 Å². The highest BCUT2D eigenvalue weighted by Crippen LogP contribution is 2.17. The molecular weight excluding hydrogens is 651 g/mol. The predicted octanol–water partition coefficient (Wildman–Crippen LogP) is 15.4. The normalized spacial score (nSPS) is 12.9. The van der Waals surface area contributed by atoms with Crippen molar-refractivity contribution in [2.45, 2.75) is 289 Å².